The van der Waals surface area contributed by atoms with E-state index in [4.69, 9.17) is 4.74 Å². The van der Waals surface area contributed by atoms with Gasteiger partial charge in [-0.25, -0.2) is 4.79 Å². The molecule has 0 fully saturated rings. The summed E-state index contributed by atoms with van der Waals surface area (Å²) >= 11 is -0.242. The third-order valence-electron chi connectivity index (χ3n) is 2.68. The summed E-state index contributed by atoms with van der Waals surface area (Å²) in [6, 6.07) is 4.34. The van der Waals surface area contributed by atoms with Gasteiger partial charge in [-0.1, -0.05) is 12.1 Å². The van der Waals surface area contributed by atoms with Crippen LogP contribution in [0.25, 0.3) is 0 Å². The van der Waals surface area contributed by atoms with Crippen molar-refractivity contribution < 1.29 is 27.5 Å². The molecule has 0 aliphatic carbocycles. The minimum atomic E-state index is -4.38. The molecular weight excluding hydrogens is 331 g/mol. The zero-order valence-electron chi connectivity index (χ0n) is 13.2. The van der Waals surface area contributed by atoms with E-state index in [1.807, 2.05) is 0 Å². The minimum Gasteiger partial charge on any atom is -0.444 e. The first-order valence-corrected chi connectivity index (χ1v) is 7.51. The van der Waals surface area contributed by atoms with Gasteiger partial charge in [0, 0.05) is 11.9 Å². The van der Waals surface area contributed by atoms with Crippen molar-refractivity contribution in [2.75, 3.05) is 7.05 Å². The Morgan fingerprint density at radius 3 is 2.13 bits per heavy atom. The van der Waals surface area contributed by atoms with Crippen molar-refractivity contribution in [3.8, 4) is 0 Å². The van der Waals surface area contributed by atoms with E-state index in [0.717, 1.165) is 4.90 Å². The third kappa shape index (κ3) is 6.52. The quantitative estimate of drug-likeness (QED) is 0.597. The molecule has 0 spiro atoms. The number of amides is 1. The van der Waals surface area contributed by atoms with Gasteiger partial charge < -0.3 is 9.53 Å². The van der Waals surface area contributed by atoms with Crippen molar-refractivity contribution >= 4 is 24.1 Å². The van der Waals surface area contributed by atoms with Gasteiger partial charge >= 0.3 is 11.6 Å². The zero-order valence-corrected chi connectivity index (χ0v) is 14.0. The van der Waals surface area contributed by atoms with Crippen LogP contribution < -0.4 is 0 Å². The molecule has 1 aromatic rings. The van der Waals surface area contributed by atoms with Crippen molar-refractivity contribution in [2.24, 2.45) is 0 Å². The summed E-state index contributed by atoms with van der Waals surface area (Å²) in [5, 5.41) is 0. The van der Waals surface area contributed by atoms with Crippen LogP contribution in [0.15, 0.2) is 29.2 Å². The van der Waals surface area contributed by atoms with Crippen LogP contribution in [-0.2, 0) is 9.53 Å². The fourth-order valence-electron chi connectivity index (χ4n) is 1.71. The van der Waals surface area contributed by atoms with Crippen molar-refractivity contribution in [3.63, 3.8) is 0 Å². The van der Waals surface area contributed by atoms with Crippen LogP contribution in [-0.4, -0.2) is 35.4 Å². The summed E-state index contributed by atoms with van der Waals surface area (Å²) in [6.07, 6.45) is -0.154. The Kier molecular flexibility index (Phi) is 6.10. The Bertz CT molecular complexity index is 553. The Labute approximate surface area is 137 Å². The molecule has 0 saturated carbocycles. The highest BCUT2D eigenvalue weighted by molar-refractivity contribution is 8.00. The molecule has 1 unspecified atom stereocenters. The molecule has 4 nitrogen and oxygen atoms in total. The monoisotopic (exact) mass is 349 g/mol. The van der Waals surface area contributed by atoms with E-state index in [-0.39, 0.29) is 16.7 Å². The zero-order chi connectivity index (χ0) is 17.8. The van der Waals surface area contributed by atoms with Gasteiger partial charge in [0.2, 0.25) is 0 Å². The smallest absolute Gasteiger partial charge is 0.444 e. The third-order valence-corrected chi connectivity index (χ3v) is 3.42. The highest BCUT2D eigenvalue weighted by Crippen LogP contribution is 2.37. The Balaban J connectivity index is 2.89. The van der Waals surface area contributed by atoms with Crippen LogP contribution in [0.5, 0.6) is 0 Å². The first-order chi connectivity index (χ1) is 10.4. The summed E-state index contributed by atoms with van der Waals surface area (Å²) in [4.78, 5) is 24.4. The van der Waals surface area contributed by atoms with Gasteiger partial charge in [-0.15, -0.1) is 0 Å². The van der Waals surface area contributed by atoms with Gasteiger partial charge in [0.25, 0.3) is 0 Å². The number of rotatable bonds is 4. The predicted octanol–water partition coefficient (Wildman–Crippen LogP) is 4.41. The van der Waals surface area contributed by atoms with Crippen LogP contribution >= 0.6 is 11.8 Å². The molecule has 0 aliphatic rings. The number of ether oxygens (including phenoxy) is 1. The number of aldehydes is 1. The van der Waals surface area contributed by atoms with Crippen molar-refractivity contribution in [1.82, 2.24) is 4.90 Å². The van der Waals surface area contributed by atoms with E-state index < -0.39 is 23.2 Å². The first kappa shape index (κ1) is 19.3. The van der Waals surface area contributed by atoms with E-state index in [1.54, 1.807) is 20.8 Å². The summed E-state index contributed by atoms with van der Waals surface area (Å²) < 4.78 is 42.1. The Morgan fingerprint density at radius 1 is 1.22 bits per heavy atom. The lowest BCUT2D eigenvalue weighted by atomic mass is 10.1. The number of alkyl halides is 3. The number of hydrogen-bond acceptors (Lipinski definition) is 4. The van der Waals surface area contributed by atoms with Crippen LogP contribution in [0.2, 0.25) is 0 Å². The van der Waals surface area contributed by atoms with Crippen LogP contribution in [0.1, 0.15) is 32.4 Å². The second-order valence-corrected chi connectivity index (χ2v) is 6.93. The summed E-state index contributed by atoms with van der Waals surface area (Å²) in [7, 11) is 1.39. The fourth-order valence-corrected chi connectivity index (χ4v) is 2.25. The highest BCUT2D eigenvalue weighted by atomic mass is 32.2. The molecule has 0 heterocycles. The molecule has 0 bridgehead atoms. The first-order valence-electron chi connectivity index (χ1n) is 6.70. The lowest BCUT2D eigenvalue weighted by Gasteiger charge is -2.28. The topological polar surface area (TPSA) is 46.6 Å². The lowest BCUT2D eigenvalue weighted by molar-refractivity contribution is -0.112. The molecule has 1 aromatic carbocycles. The molecule has 0 saturated heterocycles. The second-order valence-electron chi connectivity index (χ2n) is 5.79. The van der Waals surface area contributed by atoms with Gasteiger partial charge in [0.05, 0.1) is 0 Å². The average Bonchev–Trinajstić information content (AvgIpc) is 2.37. The Hall–Kier alpha value is -1.70. The standard InChI is InChI=1S/C15H18F3NO3S/c1-14(2,3)22-13(21)19(4)12(9-20)10-5-7-11(8-6-10)23-15(16,17)18/h5-9,12H,1-4H3. The molecule has 8 heteroatoms. The largest absolute Gasteiger partial charge is 0.446 e. The average molecular weight is 349 g/mol. The van der Waals surface area contributed by atoms with E-state index in [1.165, 1.54) is 31.3 Å². The molecule has 0 radical (unpaired) electrons. The van der Waals surface area contributed by atoms with Crippen molar-refractivity contribution in [3.05, 3.63) is 29.8 Å². The number of benzene rings is 1. The normalized spacial score (nSPS) is 13.3. The van der Waals surface area contributed by atoms with E-state index in [0.29, 0.717) is 11.8 Å². The minimum absolute atomic E-state index is 0.00539. The molecule has 0 N–H and O–H groups in total. The number of hydrogen-bond donors (Lipinski definition) is 0. The SMILES string of the molecule is CN(C(=O)OC(C)(C)C)C(C=O)c1ccc(SC(F)(F)F)cc1. The highest BCUT2D eigenvalue weighted by Gasteiger charge is 2.30. The van der Waals surface area contributed by atoms with Crippen molar-refractivity contribution in [1.29, 1.82) is 0 Å². The predicted molar refractivity (Wildman–Crippen MR) is 81.2 cm³/mol. The van der Waals surface area contributed by atoms with E-state index in [2.05, 4.69) is 0 Å². The van der Waals surface area contributed by atoms with Gasteiger partial charge in [0.1, 0.15) is 17.9 Å². The molecule has 23 heavy (non-hydrogen) atoms. The van der Waals surface area contributed by atoms with Crippen LogP contribution in [0, 0.1) is 0 Å². The number of thioether (sulfide) groups is 1. The molecule has 0 aliphatic heterocycles. The summed E-state index contributed by atoms with van der Waals surface area (Å²) in [5.74, 6) is 0. The molecule has 128 valence electrons. The van der Waals surface area contributed by atoms with Gasteiger partial charge in [-0.05, 0) is 50.2 Å². The van der Waals surface area contributed by atoms with Crippen molar-refractivity contribution in [2.45, 2.75) is 42.8 Å². The lowest BCUT2D eigenvalue weighted by Crippen LogP contribution is -2.37. The maximum absolute atomic E-state index is 12.3. The number of halogens is 3. The Morgan fingerprint density at radius 2 is 1.74 bits per heavy atom. The maximum Gasteiger partial charge on any atom is 0.446 e. The van der Waals surface area contributed by atoms with E-state index in [9.17, 15) is 22.8 Å². The molecule has 1 atom stereocenters. The van der Waals surface area contributed by atoms with Gasteiger partial charge in [-0.2, -0.15) is 13.2 Å². The number of carbonyl (C=O) groups is 2. The fraction of sp³-hybridized carbons (Fsp3) is 0.467. The summed E-state index contributed by atoms with van der Waals surface area (Å²) in [6.45, 7) is 5.08. The molecule has 1 rings (SSSR count). The second kappa shape index (κ2) is 7.25. The van der Waals surface area contributed by atoms with E-state index >= 15 is 0 Å². The van der Waals surface area contributed by atoms with Crippen LogP contribution in [0.3, 0.4) is 0 Å². The number of carbonyl (C=O) groups excluding carboxylic acids is 2. The van der Waals surface area contributed by atoms with Gasteiger partial charge in [-0.3, -0.25) is 4.90 Å². The maximum atomic E-state index is 12.3. The molecular formula is C15H18F3NO3S. The van der Waals surface area contributed by atoms with Gasteiger partial charge in [0.15, 0.2) is 0 Å². The number of likely N-dealkylation sites (N-methyl/N-ethyl adjacent to an activating group) is 1. The molecule has 1 amide bonds. The van der Waals surface area contributed by atoms with Crippen LogP contribution in [0.4, 0.5) is 18.0 Å². The summed E-state index contributed by atoms with van der Waals surface area (Å²) in [5.41, 5.74) is -4.69. The molecule has 0 aromatic heterocycles. The number of nitrogens with zero attached hydrogens (tertiary/aromatic N) is 1.